The van der Waals surface area contributed by atoms with E-state index < -0.39 is 0 Å². The number of hydrazone groups is 1. The van der Waals surface area contributed by atoms with Crippen LogP contribution in [0.25, 0.3) is 10.2 Å². The maximum absolute atomic E-state index is 4.87. The number of benzene rings is 1. The number of aromatic nitrogens is 1. The average molecular weight is 340 g/mol. The van der Waals surface area contributed by atoms with Crippen molar-refractivity contribution in [3.8, 4) is 0 Å². The lowest BCUT2D eigenvalue weighted by molar-refractivity contribution is 0.291. The van der Waals surface area contributed by atoms with Crippen molar-refractivity contribution in [1.29, 1.82) is 0 Å². The van der Waals surface area contributed by atoms with Gasteiger partial charge < -0.3 is 4.90 Å². The van der Waals surface area contributed by atoms with Gasteiger partial charge in [0.2, 0.25) is 5.13 Å². The molecule has 126 valence electrons. The average Bonchev–Trinajstić information content (AvgIpc) is 3.21. The first-order chi connectivity index (χ1) is 11.7. The zero-order chi connectivity index (χ0) is 16.7. The fourth-order valence-electron chi connectivity index (χ4n) is 3.42. The van der Waals surface area contributed by atoms with Crippen LogP contribution in [0.15, 0.2) is 40.6 Å². The van der Waals surface area contributed by atoms with Crippen LogP contribution < -0.4 is 5.01 Å². The number of rotatable bonds is 4. The molecule has 4 rings (SSSR count). The van der Waals surface area contributed by atoms with E-state index in [9.17, 15) is 0 Å². The molecule has 1 aromatic heterocycles. The summed E-state index contributed by atoms with van der Waals surface area (Å²) in [6, 6.07) is 8.31. The molecule has 1 unspecified atom stereocenters. The molecule has 1 atom stereocenters. The molecular weight excluding hydrogens is 316 g/mol. The van der Waals surface area contributed by atoms with Crippen molar-refractivity contribution >= 4 is 32.4 Å². The van der Waals surface area contributed by atoms with E-state index >= 15 is 0 Å². The molecule has 0 saturated heterocycles. The molecule has 0 radical (unpaired) electrons. The number of anilines is 1. The first-order valence-electron chi connectivity index (χ1n) is 8.81. The highest BCUT2D eigenvalue weighted by Gasteiger charge is 2.30. The minimum absolute atomic E-state index is 0.737. The van der Waals surface area contributed by atoms with Gasteiger partial charge in [-0.3, -0.25) is 0 Å². The summed E-state index contributed by atoms with van der Waals surface area (Å²) in [7, 11) is 0. The van der Waals surface area contributed by atoms with Crippen molar-refractivity contribution in [2.75, 3.05) is 24.6 Å². The minimum atomic E-state index is 0.737. The number of hydrogen-bond donors (Lipinski definition) is 0. The normalized spacial score (nSPS) is 19.0. The maximum atomic E-state index is 4.87. The van der Waals surface area contributed by atoms with Gasteiger partial charge in [-0.2, -0.15) is 5.10 Å². The molecule has 1 aromatic carbocycles. The Morgan fingerprint density at radius 1 is 1.29 bits per heavy atom. The molecular formula is C19H24N4S. The number of allylic oxidation sites excluding steroid dienone is 1. The van der Waals surface area contributed by atoms with E-state index in [-0.39, 0.29) is 0 Å². The zero-order valence-electron chi connectivity index (χ0n) is 14.6. The fraction of sp³-hybridized carbons (Fsp3) is 0.474. The summed E-state index contributed by atoms with van der Waals surface area (Å²) in [6.07, 6.45) is 2.28. The highest BCUT2D eigenvalue weighted by molar-refractivity contribution is 7.22. The summed E-state index contributed by atoms with van der Waals surface area (Å²) in [5, 5.41) is 7.97. The molecule has 2 aliphatic rings. The molecule has 2 aromatic rings. The molecule has 0 amide bonds. The van der Waals surface area contributed by atoms with E-state index in [4.69, 9.17) is 10.1 Å². The van der Waals surface area contributed by atoms with E-state index in [0.717, 1.165) is 42.6 Å². The number of fused-ring (bicyclic) bond motifs is 2. The summed E-state index contributed by atoms with van der Waals surface area (Å²) >= 11 is 1.73. The summed E-state index contributed by atoms with van der Waals surface area (Å²) in [4.78, 5) is 7.31. The lowest BCUT2D eigenvalue weighted by atomic mass is 9.99. The van der Waals surface area contributed by atoms with Gasteiger partial charge in [-0.1, -0.05) is 43.7 Å². The summed E-state index contributed by atoms with van der Waals surface area (Å²) in [5.41, 5.74) is 5.14. The minimum Gasteiger partial charge on any atom is -0.374 e. The third kappa shape index (κ3) is 2.71. The molecule has 4 nitrogen and oxygen atoms in total. The van der Waals surface area contributed by atoms with Gasteiger partial charge in [-0.05, 0) is 25.0 Å². The number of para-hydroxylation sites is 1. The molecule has 0 bridgehead atoms. The van der Waals surface area contributed by atoms with Crippen LogP contribution >= 0.6 is 11.3 Å². The highest BCUT2D eigenvalue weighted by atomic mass is 32.1. The Hall–Kier alpha value is -1.88. The van der Waals surface area contributed by atoms with E-state index in [1.54, 1.807) is 11.3 Å². The number of hydrogen-bond acceptors (Lipinski definition) is 5. The van der Waals surface area contributed by atoms with Gasteiger partial charge in [0, 0.05) is 30.8 Å². The van der Waals surface area contributed by atoms with Gasteiger partial charge >= 0.3 is 0 Å². The molecule has 0 aliphatic carbocycles. The van der Waals surface area contributed by atoms with Gasteiger partial charge in [-0.25, -0.2) is 9.99 Å². The van der Waals surface area contributed by atoms with Crippen molar-refractivity contribution in [1.82, 2.24) is 9.88 Å². The first-order valence-corrected chi connectivity index (χ1v) is 9.63. The Labute approximate surface area is 147 Å². The largest absolute Gasteiger partial charge is 0.374 e. The summed E-state index contributed by atoms with van der Waals surface area (Å²) < 4.78 is 1.23. The van der Waals surface area contributed by atoms with Crippen molar-refractivity contribution < 1.29 is 0 Å². The second-order valence-corrected chi connectivity index (χ2v) is 7.85. The first kappa shape index (κ1) is 15.6. The predicted octanol–water partition coefficient (Wildman–Crippen LogP) is 4.50. The Balaban J connectivity index is 1.60. The third-order valence-corrected chi connectivity index (χ3v) is 6.21. The van der Waals surface area contributed by atoms with Gasteiger partial charge in [0.25, 0.3) is 0 Å². The smallest absolute Gasteiger partial charge is 0.207 e. The predicted molar refractivity (Wildman–Crippen MR) is 103 cm³/mol. The van der Waals surface area contributed by atoms with Crippen LogP contribution in [0.1, 0.15) is 33.6 Å². The molecule has 0 N–H and O–H groups in total. The van der Waals surface area contributed by atoms with Crippen LogP contribution in [0.2, 0.25) is 0 Å². The molecule has 0 fully saturated rings. The van der Waals surface area contributed by atoms with Crippen molar-refractivity contribution in [3.63, 3.8) is 0 Å². The molecule has 0 spiro atoms. The standard InChI is InChI=1S/C19H24N4S/c1-4-13(2)11-22-10-9-16-15(14(22)3)12-23(21-16)19-20-17-7-5-6-8-18(17)24-19/h5-8,13H,4,9-12H2,1-3H3. The lowest BCUT2D eigenvalue weighted by Gasteiger charge is -2.33. The molecule has 24 heavy (non-hydrogen) atoms. The number of thiazole rings is 1. The van der Waals surface area contributed by atoms with Crippen LogP contribution in [0.4, 0.5) is 5.13 Å². The maximum Gasteiger partial charge on any atom is 0.207 e. The van der Waals surface area contributed by atoms with Crippen LogP contribution in [0.5, 0.6) is 0 Å². The Bertz CT molecular complexity index is 787. The number of nitrogens with zero attached hydrogens (tertiary/aromatic N) is 4. The van der Waals surface area contributed by atoms with Crippen molar-refractivity contribution in [2.24, 2.45) is 11.0 Å². The van der Waals surface area contributed by atoms with Crippen LogP contribution in [-0.4, -0.2) is 35.2 Å². The van der Waals surface area contributed by atoms with E-state index in [2.05, 4.69) is 48.9 Å². The quantitative estimate of drug-likeness (QED) is 0.821. The van der Waals surface area contributed by atoms with E-state index in [1.165, 1.54) is 28.1 Å². The second kappa shape index (κ2) is 6.20. The van der Waals surface area contributed by atoms with Crippen molar-refractivity contribution in [2.45, 2.75) is 33.6 Å². The SMILES string of the molecule is CCC(C)CN1CCC2=NN(c3nc4ccccc4s3)CC2=C1C. The Morgan fingerprint density at radius 2 is 2.12 bits per heavy atom. The van der Waals surface area contributed by atoms with Gasteiger partial charge in [0.15, 0.2) is 0 Å². The Morgan fingerprint density at radius 3 is 2.92 bits per heavy atom. The fourth-order valence-corrected chi connectivity index (χ4v) is 4.34. The van der Waals surface area contributed by atoms with Crippen LogP contribution in [0, 0.1) is 5.92 Å². The van der Waals surface area contributed by atoms with Gasteiger partial charge in [-0.15, -0.1) is 0 Å². The lowest BCUT2D eigenvalue weighted by Crippen LogP contribution is -2.34. The van der Waals surface area contributed by atoms with Gasteiger partial charge in [0.05, 0.1) is 22.5 Å². The van der Waals surface area contributed by atoms with E-state index in [1.807, 2.05) is 6.07 Å². The molecule has 0 saturated carbocycles. The third-order valence-electron chi connectivity index (χ3n) is 5.16. The molecule has 5 heteroatoms. The molecule has 3 heterocycles. The van der Waals surface area contributed by atoms with Crippen molar-refractivity contribution in [3.05, 3.63) is 35.5 Å². The summed E-state index contributed by atoms with van der Waals surface area (Å²) in [5.74, 6) is 0.737. The topological polar surface area (TPSA) is 31.7 Å². The Kier molecular flexibility index (Phi) is 4.04. The summed E-state index contributed by atoms with van der Waals surface area (Å²) in [6.45, 7) is 9.97. The zero-order valence-corrected chi connectivity index (χ0v) is 15.4. The highest BCUT2D eigenvalue weighted by Crippen LogP contribution is 2.34. The second-order valence-electron chi connectivity index (χ2n) is 6.84. The van der Waals surface area contributed by atoms with Gasteiger partial charge in [0.1, 0.15) is 0 Å². The monoisotopic (exact) mass is 340 g/mol. The molecule has 2 aliphatic heterocycles. The van der Waals surface area contributed by atoms with Crippen LogP contribution in [-0.2, 0) is 0 Å². The van der Waals surface area contributed by atoms with Crippen LogP contribution in [0.3, 0.4) is 0 Å². The van der Waals surface area contributed by atoms with E-state index in [0.29, 0.717) is 0 Å².